The highest BCUT2D eigenvalue weighted by Gasteiger charge is 2.32. The van der Waals surface area contributed by atoms with Crippen molar-refractivity contribution in [2.75, 3.05) is 5.73 Å². The molecular formula is C16H18N2OS. The Kier molecular flexibility index (Phi) is 3.74. The lowest BCUT2D eigenvalue weighted by molar-refractivity contribution is -0.131. The summed E-state index contributed by atoms with van der Waals surface area (Å²) in [6, 6.07) is 12.2. The monoisotopic (exact) mass is 286 g/mol. The third-order valence-electron chi connectivity index (χ3n) is 3.52. The Labute approximate surface area is 123 Å². The number of nitrogen functional groups attached to an aromatic ring is 1. The van der Waals surface area contributed by atoms with Crippen molar-refractivity contribution in [3.63, 3.8) is 0 Å². The fraction of sp³-hybridized carbons (Fsp3) is 0.312. The topological polar surface area (TPSA) is 46.3 Å². The molecule has 0 atom stereocenters. The van der Waals surface area contributed by atoms with Crippen LogP contribution in [0.1, 0.15) is 23.3 Å². The molecule has 104 valence electrons. The van der Waals surface area contributed by atoms with E-state index in [-0.39, 0.29) is 5.91 Å². The molecule has 0 aliphatic heterocycles. The van der Waals surface area contributed by atoms with Crippen LogP contribution in [0.5, 0.6) is 0 Å². The second-order valence-corrected chi connectivity index (χ2v) is 6.29. The van der Waals surface area contributed by atoms with Gasteiger partial charge in [-0.15, -0.1) is 11.3 Å². The van der Waals surface area contributed by atoms with Gasteiger partial charge in [-0.05, 0) is 42.0 Å². The molecule has 1 heterocycles. The molecule has 20 heavy (non-hydrogen) atoms. The first-order valence-electron chi connectivity index (χ1n) is 6.88. The molecule has 1 aliphatic rings. The van der Waals surface area contributed by atoms with Gasteiger partial charge in [-0.1, -0.05) is 18.2 Å². The summed E-state index contributed by atoms with van der Waals surface area (Å²) < 4.78 is 0. The van der Waals surface area contributed by atoms with Crippen LogP contribution in [0.2, 0.25) is 0 Å². The van der Waals surface area contributed by atoms with E-state index in [2.05, 4.69) is 0 Å². The fourth-order valence-corrected chi connectivity index (χ4v) is 3.05. The van der Waals surface area contributed by atoms with Crippen molar-refractivity contribution < 1.29 is 4.79 Å². The van der Waals surface area contributed by atoms with E-state index in [9.17, 15) is 4.79 Å². The Morgan fingerprint density at radius 2 is 2.15 bits per heavy atom. The van der Waals surface area contributed by atoms with Gasteiger partial charge < -0.3 is 10.6 Å². The van der Waals surface area contributed by atoms with E-state index in [1.54, 1.807) is 11.3 Å². The summed E-state index contributed by atoms with van der Waals surface area (Å²) in [4.78, 5) is 15.6. The van der Waals surface area contributed by atoms with Crippen LogP contribution < -0.4 is 5.73 Å². The van der Waals surface area contributed by atoms with Crippen LogP contribution in [0.15, 0.2) is 41.8 Å². The van der Waals surface area contributed by atoms with E-state index in [0.29, 0.717) is 19.0 Å². The molecule has 1 saturated carbocycles. The number of nitrogens with zero attached hydrogens (tertiary/aromatic N) is 1. The lowest BCUT2D eigenvalue weighted by atomic mass is 10.1. The zero-order valence-electron chi connectivity index (χ0n) is 11.3. The maximum atomic E-state index is 12.5. The van der Waals surface area contributed by atoms with Crippen LogP contribution in [0, 0.1) is 0 Å². The van der Waals surface area contributed by atoms with E-state index >= 15 is 0 Å². The predicted octanol–water partition coefficient (Wildman–Crippen LogP) is 3.06. The van der Waals surface area contributed by atoms with Crippen LogP contribution in [-0.4, -0.2) is 16.8 Å². The van der Waals surface area contributed by atoms with E-state index in [1.807, 2.05) is 46.7 Å². The van der Waals surface area contributed by atoms with Crippen molar-refractivity contribution in [1.29, 1.82) is 0 Å². The second kappa shape index (κ2) is 5.67. The molecule has 1 aromatic heterocycles. The number of carbonyl (C=O) groups excluding carboxylic acids is 1. The van der Waals surface area contributed by atoms with Gasteiger partial charge in [0, 0.05) is 23.2 Å². The lowest BCUT2D eigenvalue weighted by Crippen LogP contribution is -2.33. The molecule has 2 N–H and O–H groups in total. The summed E-state index contributed by atoms with van der Waals surface area (Å²) in [5, 5.41) is 2.02. The summed E-state index contributed by atoms with van der Waals surface area (Å²) in [5.41, 5.74) is 7.67. The normalized spacial score (nSPS) is 14.2. The van der Waals surface area contributed by atoms with Crippen molar-refractivity contribution >= 4 is 22.9 Å². The second-order valence-electron chi connectivity index (χ2n) is 5.25. The molecule has 3 nitrogen and oxygen atoms in total. The van der Waals surface area contributed by atoms with Crippen LogP contribution in [0.3, 0.4) is 0 Å². The molecular weight excluding hydrogens is 268 g/mol. The molecule has 1 fully saturated rings. The minimum atomic E-state index is 0.220. The Hall–Kier alpha value is -1.81. The van der Waals surface area contributed by atoms with Crippen molar-refractivity contribution in [2.45, 2.75) is 31.8 Å². The maximum absolute atomic E-state index is 12.5. The van der Waals surface area contributed by atoms with Crippen molar-refractivity contribution in [1.82, 2.24) is 4.90 Å². The van der Waals surface area contributed by atoms with Crippen LogP contribution in [0.4, 0.5) is 5.69 Å². The number of amides is 1. The van der Waals surface area contributed by atoms with E-state index in [4.69, 9.17) is 5.73 Å². The number of carbonyl (C=O) groups is 1. The van der Waals surface area contributed by atoms with Crippen LogP contribution >= 0.6 is 11.3 Å². The van der Waals surface area contributed by atoms with Gasteiger partial charge in [-0.3, -0.25) is 4.79 Å². The van der Waals surface area contributed by atoms with Gasteiger partial charge in [0.1, 0.15) is 0 Å². The number of benzene rings is 1. The van der Waals surface area contributed by atoms with Gasteiger partial charge in [0.2, 0.25) is 5.91 Å². The zero-order chi connectivity index (χ0) is 13.9. The predicted molar refractivity (Wildman–Crippen MR) is 82.4 cm³/mol. The van der Waals surface area contributed by atoms with E-state index in [1.165, 1.54) is 0 Å². The first-order valence-corrected chi connectivity index (χ1v) is 7.76. The third kappa shape index (κ3) is 3.20. The molecule has 3 rings (SSSR count). The highest BCUT2D eigenvalue weighted by Crippen LogP contribution is 2.29. The first kappa shape index (κ1) is 13.2. The highest BCUT2D eigenvalue weighted by molar-refractivity contribution is 7.10. The smallest absolute Gasteiger partial charge is 0.228 e. The standard InChI is InChI=1S/C16H18N2OS/c17-13-4-1-3-12(9-13)11-18(14-6-7-14)16(19)10-15-5-2-8-20-15/h1-5,8-9,14H,6-7,10-11,17H2. The maximum Gasteiger partial charge on any atom is 0.228 e. The van der Waals surface area contributed by atoms with Crippen LogP contribution in [-0.2, 0) is 17.8 Å². The summed E-state index contributed by atoms with van der Waals surface area (Å²) in [5.74, 6) is 0.220. The molecule has 4 heteroatoms. The molecule has 0 spiro atoms. The van der Waals surface area contributed by atoms with Gasteiger partial charge >= 0.3 is 0 Å². The number of hydrogen-bond acceptors (Lipinski definition) is 3. The molecule has 0 radical (unpaired) electrons. The lowest BCUT2D eigenvalue weighted by Gasteiger charge is -2.22. The summed E-state index contributed by atoms with van der Waals surface area (Å²) >= 11 is 1.64. The fourth-order valence-electron chi connectivity index (χ4n) is 2.36. The van der Waals surface area contributed by atoms with Gasteiger partial charge in [0.05, 0.1) is 6.42 Å². The minimum absolute atomic E-state index is 0.220. The summed E-state index contributed by atoms with van der Waals surface area (Å²) in [6.45, 7) is 0.667. The molecule has 1 aromatic carbocycles. The molecule has 2 aromatic rings. The Balaban J connectivity index is 1.70. The average molecular weight is 286 g/mol. The number of thiophene rings is 1. The van der Waals surface area contributed by atoms with Gasteiger partial charge in [-0.2, -0.15) is 0 Å². The van der Waals surface area contributed by atoms with Crippen molar-refractivity contribution in [3.05, 3.63) is 52.2 Å². The summed E-state index contributed by atoms with van der Waals surface area (Å²) in [7, 11) is 0. The molecule has 1 aliphatic carbocycles. The molecule has 0 bridgehead atoms. The zero-order valence-corrected chi connectivity index (χ0v) is 12.1. The highest BCUT2D eigenvalue weighted by atomic mass is 32.1. The van der Waals surface area contributed by atoms with Crippen molar-refractivity contribution in [3.8, 4) is 0 Å². The minimum Gasteiger partial charge on any atom is -0.399 e. The first-order chi connectivity index (χ1) is 9.72. The number of hydrogen-bond donors (Lipinski definition) is 1. The van der Waals surface area contributed by atoms with E-state index < -0.39 is 0 Å². The summed E-state index contributed by atoms with van der Waals surface area (Å²) in [6.07, 6.45) is 2.76. The number of nitrogens with two attached hydrogens (primary N) is 1. The molecule has 0 saturated heterocycles. The largest absolute Gasteiger partial charge is 0.399 e. The van der Waals surface area contributed by atoms with E-state index in [0.717, 1.165) is 29.0 Å². The van der Waals surface area contributed by atoms with Gasteiger partial charge in [0.15, 0.2) is 0 Å². The Morgan fingerprint density at radius 3 is 2.80 bits per heavy atom. The van der Waals surface area contributed by atoms with Crippen molar-refractivity contribution in [2.24, 2.45) is 0 Å². The third-order valence-corrected chi connectivity index (χ3v) is 4.39. The Bertz CT molecular complexity index is 590. The quantitative estimate of drug-likeness (QED) is 0.859. The molecule has 1 amide bonds. The number of anilines is 1. The SMILES string of the molecule is Nc1cccc(CN(C(=O)Cc2cccs2)C2CC2)c1. The van der Waals surface area contributed by atoms with Gasteiger partial charge in [0.25, 0.3) is 0 Å². The Morgan fingerprint density at radius 1 is 1.30 bits per heavy atom. The van der Waals surface area contributed by atoms with Crippen LogP contribution in [0.25, 0.3) is 0 Å². The number of rotatable bonds is 5. The average Bonchev–Trinajstić information content (AvgIpc) is 3.14. The van der Waals surface area contributed by atoms with Gasteiger partial charge in [-0.25, -0.2) is 0 Å². The molecule has 0 unspecified atom stereocenters.